The molecule has 1 N–H and O–H groups in total. The minimum Gasteiger partial charge on any atom is -0.459 e. The molecule has 0 saturated carbocycles. The topological polar surface area (TPSA) is 58.4 Å². The molecule has 28 heavy (non-hydrogen) atoms. The maximum Gasteiger partial charge on any atom is 0.291 e. The second kappa shape index (κ2) is 8.29. The Morgan fingerprint density at radius 2 is 2.04 bits per heavy atom. The van der Waals surface area contributed by atoms with Crippen molar-refractivity contribution in [3.8, 4) is 0 Å². The Bertz CT molecular complexity index is 928. The van der Waals surface area contributed by atoms with Crippen LogP contribution >= 0.6 is 11.3 Å². The lowest BCUT2D eigenvalue weighted by atomic mass is 9.94. The van der Waals surface area contributed by atoms with E-state index in [2.05, 4.69) is 35.1 Å². The summed E-state index contributed by atoms with van der Waals surface area (Å²) in [6.45, 7) is 6.37. The van der Waals surface area contributed by atoms with E-state index in [1.54, 1.807) is 23.5 Å². The number of nitrogens with zero attached hydrogens (tertiary/aromatic N) is 2. The van der Waals surface area contributed by atoms with Crippen LogP contribution in [0.1, 0.15) is 57.4 Å². The number of amides is 1. The van der Waals surface area contributed by atoms with Gasteiger partial charge in [0.1, 0.15) is 5.00 Å². The lowest BCUT2D eigenvalue weighted by molar-refractivity contribution is 0.0996. The summed E-state index contributed by atoms with van der Waals surface area (Å²) in [6.07, 6.45) is 8.96. The van der Waals surface area contributed by atoms with Gasteiger partial charge in [-0.3, -0.25) is 14.7 Å². The summed E-state index contributed by atoms with van der Waals surface area (Å²) in [5, 5.41) is 4.00. The largest absolute Gasteiger partial charge is 0.459 e. The highest BCUT2D eigenvalue weighted by Gasteiger charge is 2.30. The number of furan rings is 1. The van der Waals surface area contributed by atoms with Gasteiger partial charge in [0, 0.05) is 22.8 Å². The van der Waals surface area contributed by atoms with Gasteiger partial charge in [0.15, 0.2) is 5.76 Å². The maximum atomic E-state index is 12.7. The molecule has 1 aliphatic heterocycles. The van der Waals surface area contributed by atoms with Crippen LogP contribution in [0.5, 0.6) is 0 Å². The number of piperidine rings is 1. The molecule has 4 heterocycles. The van der Waals surface area contributed by atoms with Crippen LogP contribution in [0.15, 0.2) is 47.3 Å². The lowest BCUT2D eigenvalue weighted by Crippen LogP contribution is -2.35. The van der Waals surface area contributed by atoms with Gasteiger partial charge < -0.3 is 9.73 Å². The molecular formula is C22H25N3O2S. The second-order valence-electron chi connectivity index (χ2n) is 7.24. The lowest BCUT2D eigenvalue weighted by Gasteiger charge is -2.35. The van der Waals surface area contributed by atoms with Crippen molar-refractivity contribution in [2.75, 3.05) is 18.4 Å². The Balaban J connectivity index is 1.76. The molecule has 1 fully saturated rings. The molecule has 3 aromatic rings. The van der Waals surface area contributed by atoms with Crippen LogP contribution in [0.3, 0.4) is 0 Å². The van der Waals surface area contributed by atoms with Gasteiger partial charge in [-0.05, 0) is 69.1 Å². The van der Waals surface area contributed by atoms with E-state index >= 15 is 0 Å². The van der Waals surface area contributed by atoms with E-state index in [4.69, 9.17) is 4.42 Å². The average Bonchev–Trinajstić information content (AvgIpc) is 3.35. The number of nitrogens with one attached hydrogen (secondary N) is 1. The van der Waals surface area contributed by atoms with Crippen molar-refractivity contribution in [3.05, 3.63) is 70.3 Å². The highest BCUT2D eigenvalue weighted by Crippen LogP contribution is 2.42. The van der Waals surface area contributed by atoms with Crippen LogP contribution in [0, 0.1) is 13.8 Å². The minimum atomic E-state index is -0.212. The predicted octanol–water partition coefficient (Wildman–Crippen LogP) is 5.18. The molecule has 1 atom stereocenters. The van der Waals surface area contributed by atoms with Gasteiger partial charge >= 0.3 is 0 Å². The quantitative estimate of drug-likeness (QED) is 0.647. The number of carbonyl (C=O) groups is 1. The van der Waals surface area contributed by atoms with E-state index in [9.17, 15) is 4.79 Å². The summed E-state index contributed by atoms with van der Waals surface area (Å²) in [6, 6.07) is 7.63. The third-order valence-electron chi connectivity index (χ3n) is 5.43. The summed E-state index contributed by atoms with van der Waals surface area (Å²) >= 11 is 1.63. The third kappa shape index (κ3) is 3.75. The molecule has 5 nitrogen and oxygen atoms in total. The average molecular weight is 396 g/mol. The summed E-state index contributed by atoms with van der Waals surface area (Å²) in [7, 11) is 0. The number of anilines is 1. The number of pyridine rings is 1. The highest BCUT2D eigenvalue weighted by molar-refractivity contribution is 7.16. The van der Waals surface area contributed by atoms with Crippen molar-refractivity contribution in [1.29, 1.82) is 0 Å². The molecule has 1 saturated heterocycles. The van der Waals surface area contributed by atoms with Gasteiger partial charge in [-0.1, -0.05) is 12.5 Å². The number of thiophene rings is 1. The van der Waals surface area contributed by atoms with E-state index in [1.807, 2.05) is 18.5 Å². The zero-order valence-corrected chi connectivity index (χ0v) is 17.1. The van der Waals surface area contributed by atoms with E-state index in [0.29, 0.717) is 5.76 Å². The summed E-state index contributed by atoms with van der Waals surface area (Å²) in [5.74, 6) is 0.113. The van der Waals surface area contributed by atoms with Gasteiger partial charge in [0.2, 0.25) is 0 Å². The molecular weight excluding hydrogens is 370 g/mol. The third-order valence-corrected chi connectivity index (χ3v) is 6.57. The standard InChI is InChI=1S/C22H25N3O2S/c1-15-16(2)28-22(24-21(26)18-9-7-13-27-18)19(15)20(17-8-6-10-23-14-17)25-11-4-3-5-12-25/h6-10,13-14,20H,3-5,11-12H2,1-2H3,(H,24,26). The van der Waals surface area contributed by atoms with Gasteiger partial charge in [-0.2, -0.15) is 0 Å². The van der Waals surface area contributed by atoms with E-state index in [0.717, 1.165) is 18.1 Å². The Morgan fingerprint density at radius 3 is 2.71 bits per heavy atom. The first-order valence-electron chi connectivity index (χ1n) is 9.74. The van der Waals surface area contributed by atoms with Crippen LogP contribution in [0.2, 0.25) is 0 Å². The number of carbonyl (C=O) groups excluding carboxylic acids is 1. The van der Waals surface area contributed by atoms with Crippen LogP contribution in [-0.4, -0.2) is 28.9 Å². The minimum absolute atomic E-state index is 0.0888. The number of aryl methyl sites for hydroxylation is 1. The van der Waals surface area contributed by atoms with E-state index in [-0.39, 0.29) is 11.9 Å². The Kier molecular flexibility index (Phi) is 5.59. The van der Waals surface area contributed by atoms with Crippen molar-refractivity contribution in [2.45, 2.75) is 39.2 Å². The fraction of sp³-hybridized carbons (Fsp3) is 0.364. The molecule has 0 spiro atoms. The molecule has 0 bridgehead atoms. The first kappa shape index (κ1) is 18.9. The van der Waals surface area contributed by atoms with Crippen molar-refractivity contribution in [1.82, 2.24) is 9.88 Å². The molecule has 0 aliphatic carbocycles. The zero-order chi connectivity index (χ0) is 19.5. The monoisotopic (exact) mass is 395 g/mol. The van der Waals surface area contributed by atoms with Crippen molar-refractivity contribution in [2.24, 2.45) is 0 Å². The molecule has 6 heteroatoms. The van der Waals surface area contributed by atoms with Gasteiger partial charge in [0.25, 0.3) is 5.91 Å². The number of hydrogen-bond donors (Lipinski definition) is 1. The zero-order valence-electron chi connectivity index (χ0n) is 16.3. The fourth-order valence-corrected chi connectivity index (χ4v) is 5.00. The van der Waals surface area contributed by atoms with E-state index in [1.165, 1.54) is 47.1 Å². The number of aromatic nitrogens is 1. The molecule has 3 aromatic heterocycles. The van der Waals surface area contributed by atoms with Crippen molar-refractivity contribution >= 4 is 22.2 Å². The molecule has 1 amide bonds. The number of hydrogen-bond acceptors (Lipinski definition) is 5. The SMILES string of the molecule is Cc1sc(NC(=O)c2ccco2)c(C(c2cccnc2)N2CCCCC2)c1C. The summed E-state index contributed by atoms with van der Waals surface area (Å²) < 4.78 is 5.28. The Hall–Kier alpha value is -2.44. The van der Waals surface area contributed by atoms with Gasteiger partial charge in [0.05, 0.1) is 12.3 Å². The summed E-state index contributed by atoms with van der Waals surface area (Å²) in [4.78, 5) is 20.8. The van der Waals surface area contributed by atoms with Crippen LogP contribution < -0.4 is 5.32 Å². The van der Waals surface area contributed by atoms with Crippen LogP contribution in [0.25, 0.3) is 0 Å². The highest BCUT2D eigenvalue weighted by atomic mass is 32.1. The smallest absolute Gasteiger partial charge is 0.291 e. The Morgan fingerprint density at radius 1 is 1.21 bits per heavy atom. The van der Waals surface area contributed by atoms with Crippen LogP contribution in [-0.2, 0) is 0 Å². The number of likely N-dealkylation sites (tertiary alicyclic amines) is 1. The molecule has 146 valence electrons. The molecule has 4 rings (SSSR count). The predicted molar refractivity (Wildman–Crippen MR) is 112 cm³/mol. The molecule has 1 aliphatic rings. The van der Waals surface area contributed by atoms with Gasteiger partial charge in [-0.25, -0.2) is 0 Å². The first-order valence-corrected chi connectivity index (χ1v) is 10.6. The molecule has 0 aromatic carbocycles. The molecule has 1 unspecified atom stereocenters. The van der Waals surface area contributed by atoms with Crippen molar-refractivity contribution in [3.63, 3.8) is 0 Å². The summed E-state index contributed by atoms with van der Waals surface area (Å²) in [5.41, 5.74) is 3.58. The Labute approximate surface area is 169 Å². The van der Waals surface area contributed by atoms with Gasteiger partial charge in [-0.15, -0.1) is 11.3 Å². The fourth-order valence-electron chi connectivity index (χ4n) is 3.91. The normalized spacial score (nSPS) is 16.1. The van der Waals surface area contributed by atoms with Crippen LogP contribution in [0.4, 0.5) is 5.00 Å². The number of rotatable bonds is 5. The van der Waals surface area contributed by atoms with Crippen molar-refractivity contribution < 1.29 is 9.21 Å². The molecule has 0 radical (unpaired) electrons. The second-order valence-corrected chi connectivity index (χ2v) is 8.47. The van der Waals surface area contributed by atoms with E-state index < -0.39 is 0 Å². The first-order chi connectivity index (χ1) is 13.6. The maximum absolute atomic E-state index is 12.7.